The van der Waals surface area contributed by atoms with Gasteiger partial charge in [0, 0.05) is 6.92 Å². The maximum atomic E-state index is 9.82. The maximum absolute atomic E-state index is 9.82. The third kappa shape index (κ3) is 24.8. The SMILES string of the molecule is CCNCC(=O)O.CCOC(C)=O. The molecule has 0 rings (SSSR count). The van der Waals surface area contributed by atoms with Gasteiger partial charge in [0.25, 0.3) is 0 Å². The molecule has 0 unspecified atom stereocenters. The van der Waals surface area contributed by atoms with E-state index in [2.05, 4.69) is 10.1 Å². The average Bonchev–Trinajstić information content (AvgIpc) is 2.01. The summed E-state index contributed by atoms with van der Waals surface area (Å²) >= 11 is 0. The number of esters is 1. The Morgan fingerprint density at radius 3 is 2.00 bits per heavy atom. The summed E-state index contributed by atoms with van der Waals surface area (Å²) in [5, 5.41) is 10.6. The van der Waals surface area contributed by atoms with E-state index in [1.165, 1.54) is 6.92 Å². The quantitative estimate of drug-likeness (QED) is 0.623. The van der Waals surface area contributed by atoms with Crippen molar-refractivity contribution in [3.05, 3.63) is 0 Å². The molecule has 0 amide bonds. The van der Waals surface area contributed by atoms with Crippen LogP contribution in [0, 0.1) is 0 Å². The molecule has 0 saturated heterocycles. The molecule has 0 spiro atoms. The molecule has 78 valence electrons. The highest BCUT2D eigenvalue weighted by Crippen LogP contribution is 1.69. The normalized spacial score (nSPS) is 8.23. The first-order valence-corrected chi connectivity index (χ1v) is 4.10. The van der Waals surface area contributed by atoms with E-state index in [0.717, 1.165) is 0 Å². The number of rotatable bonds is 4. The third-order valence-electron chi connectivity index (χ3n) is 0.874. The summed E-state index contributed by atoms with van der Waals surface area (Å²) in [5.41, 5.74) is 0. The molecular formula is C8H17NO4. The number of carboxylic acid groups (broad SMARTS) is 1. The molecule has 0 atom stereocenters. The molecule has 0 aliphatic heterocycles. The number of likely N-dealkylation sites (N-methyl/N-ethyl adjacent to an activating group) is 1. The molecule has 5 nitrogen and oxygen atoms in total. The van der Waals surface area contributed by atoms with Crippen LogP contribution in [-0.4, -0.2) is 36.7 Å². The summed E-state index contributed by atoms with van der Waals surface area (Å²) in [6, 6.07) is 0. The Balaban J connectivity index is 0. The minimum absolute atomic E-state index is 0.0660. The zero-order valence-electron chi connectivity index (χ0n) is 8.29. The van der Waals surface area contributed by atoms with E-state index in [1.807, 2.05) is 6.92 Å². The van der Waals surface area contributed by atoms with Gasteiger partial charge in [-0.05, 0) is 13.5 Å². The van der Waals surface area contributed by atoms with Gasteiger partial charge in [-0.3, -0.25) is 9.59 Å². The summed E-state index contributed by atoms with van der Waals surface area (Å²) in [4.78, 5) is 19.5. The number of carboxylic acids is 1. The van der Waals surface area contributed by atoms with Crippen LogP contribution in [0.5, 0.6) is 0 Å². The topological polar surface area (TPSA) is 75.6 Å². The van der Waals surface area contributed by atoms with E-state index in [-0.39, 0.29) is 12.5 Å². The van der Waals surface area contributed by atoms with Gasteiger partial charge in [0.05, 0.1) is 13.2 Å². The molecule has 0 aromatic carbocycles. The van der Waals surface area contributed by atoms with Crippen molar-refractivity contribution >= 4 is 11.9 Å². The molecule has 0 aliphatic rings. The van der Waals surface area contributed by atoms with Crippen LogP contribution in [0.3, 0.4) is 0 Å². The van der Waals surface area contributed by atoms with E-state index < -0.39 is 5.97 Å². The van der Waals surface area contributed by atoms with Gasteiger partial charge in [-0.2, -0.15) is 0 Å². The molecule has 5 heteroatoms. The van der Waals surface area contributed by atoms with Gasteiger partial charge in [0.15, 0.2) is 0 Å². The lowest BCUT2D eigenvalue weighted by Crippen LogP contribution is -2.21. The van der Waals surface area contributed by atoms with Gasteiger partial charge >= 0.3 is 11.9 Å². The Labute approximate surface area is 78.1 Å². The number of hydrogen-bond donors (Lipinski definition) is 2. The molecule has 0 aromatic rings. The Hall–Kier alpha value is -1.10. The fraction of sp³-hybridized carbons (Fsp3) is 0.750. The minimum atomic E-state index is -0.804. The van der Waals surface area contributed by atoms with Crippen LogP contribution in [0.15, 0.2) is 0 Å². The molecule has 0 aliphatic carbocycles. The summed E-state index contributed by atoms with van der Waals surface area (Å²) in [7, 11) is 0. The number of carbonyl (C=O) groups excluding carboxylic acids is 1. The molecule has 0 heterocycles. The van der Waals surface area contributed by atoms with Crippen molar-refractivity contribution in [2.75, 3.05) is 19.7 Å². The van der Waals surface area contributed by atoms with Crippen LogP contribution in [0.4, 0.5) is 0 Å². The van der Waals surface area contributed by atoms with Gasteiger partial charge in [-0.25, -0.2) is 0 Å². The molecule has 13 heavy (non-hydrogen) atoms. The molecule has 0 radical (unpaired) electrons. The van der Waals surface area contributed by atoms with Crippen molar-refractivity contribution < 1.29 is 19.4 Å². The van der Waals surface area contributed by atoms with Crippen LogP contribution in [0.1, 0.15) is 20.8 Å². The third-order valence-corrected chi connectivity index (χ3v) is 0.874. The Bertz CT molecular complexity index is 147. The fourth-order valence-corrected chi connectivity index (χ4v) is 0.435. The Morgan fingerprint density at radius 1 is 1.38 bits per heavy atom. The van der Waals surface area contributed by atoms with Gasteiger partial charge in [-0.1, -0.05) is 6.92 Å². The van der Waals surface area contributed by atoms with E-state index in [9.17, 15) is 9.59 Å². The Kier molecular flexibility index (Phi) is 12.1. The second kappa shape index (κ2) is 10.9. The zero-order chi connectivity index (χ0) is 10.7. The lowest BCUT2D eigenvalue weighted by atomic mass is 10.6. The maximum Gasteiger partial charge on any atom is 0.317 e. The standard InChI is InChI=1S/C4H9NO2.C4H8O2/c1-2-5-3-4(6)7;1-3-6-4(2)5/h5H,2-3H2,1H3,(H,6,7);3H2,1-2H3. The molecule has 0 aromatic heterocycles. The second-order valence-electron chi connectivity index (χ2n) is 2.10. The number of nitrogens with one attached hydrogen (secondary N) is 1. The highest BCUT2D eigenvalue weighted by Gasteiger charge is 1.88. The first-order chi connectivity index (χ1) is 6.04. The number of carbonyl (C=O) groups is 2. The van der Waals surface area contributed by atoms with Crippen molar-refractivity contribution in [1.82, 2.24) is 5.32 Å². The number of hydrogen-bond acceptors (Lipinski definition) is 4. The number of ether oxygens (including phenoxy) is 1. The predicted molar refractivity (Wildman–Crippen MR) is 48.5 cm³/mol. The van der Waals surface area contributed by atoms with Gasteiger partial charge in [0.2, 0.25) is 0 Å². The summed E-state index contributed by atoms with van der Waals surface area (Å²) in [5.74, 6) is -1.01. The average molecular weight is 191 g/mol. The van der Waals surface area contributed by atoms with Gasteiger partial charge < -0.3 is 15.2 Å². The van der Waals surface area contributed by atoms with E-state index >= 15 is 0 Å². The van der Waals surface area contributed by atoms with Gasteiger partial charge in [-0.15, -0.1) is 0 Å². The van der Waals surface area contributed by atoms with Gasteiger partial charge in [0.1, 0.15) is 0 Å². The monoisotopic (exact) mass is 191 g/mol. The lowest BCUT2D eigenvalue weighted by molar-refractivity contribution is -0.140. The molecule has 0 bridgehead atoms. The first-order valence-electron chi connectivity index (χ1n) is 4.10. The van der Waals surface area contributed by atoms with Crippen LogP contribution >= 0.6 is 0 Å². The molecule has 0 saturated carbocycles. The highest BCUT2D eigenvalue weighted by atomic mass is 16.5. The predicted octanol–water partition coefficient (Wildman–Crippen LogP) is 0.250. The molecule has 0 fully saturated rings. The highest BCUT2D eigenvalue weighted by molar-refractivity contribution is 5.68. The van der Waals surface area contributed by atoms with Crippen LogP contribution in [-0.2, 0) is 14.3 Å². The minimum Gasteiger partial charge on any atom is -0.480 e. The van der Waals surface area contributed by atoms with Crippen LogP contribution in [0.2, 0.25) is 0 Å². The van der Waals surface area contributed by atoms with E-state index in [4.69, 9.17) is 5.11 Å². The van der Waals surface area contributed by atoms with Crippen molar-refractivity contribution in [1.29, 1.82) is 0 Å². The largest absolute Gasteiger partial charge is 0.480 e. The van der Waals surface area contributed by atoms with Crippen molar-refractivity contribution in [3.8, 4) is 0 Å². The lowest BCUT2D eigenvalue weighted by Gasteiger charge is -1.90. The van der Waals surface area contributed by atoms with Crippen molar-refractivity contribution in [3.63, 3.8) is 0 Å². The zero-order valence-corrected chi connectivity index (χ0v) is 8.29. The van der Waals surface area contributed by atoms with E-state index in [1.54, 1.807) is 6.92 Å². The first kappa shape index (κ1) is 14.4. The summed E-state index contributed by atoms with van der Waals surface area (Å²) in [6.07, 6.45) is 0. The summed E-state index contributed by atoms with van der Waals surface area (Å²) in [6.45, 7) is 6.30. The number of aliphatic carboxylic acids is 1. The van der Waals surface area contributed by atoms with Crippen molar-refractivity contribution in [2.24, 2.45) is 0 Å². The van der Waals surface area contributed by atoms with Crippen LogP contribution < -0.4 is 5.32 Å². The van der Waals surface area contributed by atoms with E-state index in [0.29, 0.717) is 13.2 Å². The molecular weight excluding hydrogens is 174 g/mol. The Morgan fingerprint density at radius 2 is 1.92 bits per heavy atom. The molecule has 2 N–H and O–H groups in total. The van der Waals surface area contributed by atoms with Crippen molar-refractivity contribution in [2.45, 2.75) is 20.8 Å². The van der Waals surface area contributed by atoms with Crippen LogP contribution in [0.25, 0.3) is 0 Å². The smallest absolute Gasteiger partial charge is 0.317 e. The fourth-order valence-electron chi connectivity index (χ4n) is 0.435. The second-order valence-corrected chi connectivity index (χ2v) is 2.10. The summed E-state index contributed by atoms with van der Waals surface area (Å²) < 4.78 is 4.40.